The summed E-state index contributed by atoms with van der Waals surface area (Å²) in [6.45, 7) is 5.69. The number of aliphatic hydroxyl groups excluding tert-OH is 3. The normalized spacial score (nSPS) is 16.2. The molecule has 0 saturated carbocycles. The molecule has 4 heteroatoms. The summed E-state index contributed by atoms with van der Waals surface area (Å²) in [5.74, 6) is 0.149. The Bertz CT molecular complexity index is 192. The van der Waals surface area contributed by atoms with Crippen LogP contribution in [0.1, 0.15) is 52.9 Å². The average molecular weight is 248 g/mol. The summed E-state index contributed by atoms with van der Waals surface area (Å²) >= 11 is 0. The van der Waals surface area contributed by atoms with Gasteiger partial charge in [-0.3, -0.25) is 0 Å². The second kappa shape index (κ2) is 8.03. The molecule has 0 rings (SSSR count). The van der Waals surface area contributed by atoms with Crippen molar-refractivity contribution in [2.75, 3.05) is 6.61 Å². The SMILES string of the molecule is CC(CCCCCC(O)O)C(O)C(C)(C)CO. The van der Waals surface area contributed by atoms with Crippen LogP contribution in [0.4, 0.5) is 0 Å². The van der Waals surface area contributed by atoms with Crippen LogP contribution in [-0.2, 0) is 0 Å². The molecule has 0 spiro atoms. The van der Waals surface area contributed by atoms with E-state index in [9.17, 15) is 5.11 Å². The van der Waals surface area contributed by atoms with Crippen LogP contribution in [0.15, 0.2) is 0 Å². The van der Waals surface area contributed by atoms with Crippen molar-refractivity contribution in [2.24, 2.45) is 11.3 Å². The minimum Gasteiger partial charge on any atom is -0.396 e. The summed E-state index contributed by atoms with van der Waals surface area (Å²) in [5.41, 5.74) is -0.458. The lowest BCUT2D eigenvalue weighted by atomic mass is 9.79. The fraction of sp³-hybridized carbons (Fsp3) is 1.00. The van der Waals surface area contributed by atoms with E-state index in [1.54, 1.807) is 0 Å². The lowest BCUT2D eigenvalue weighted by Crippen LogP contribution is -2.37. The first-order chi connectivity index (χ1) is 7.81. The van der Waals surface area contributed by atoms with Crippen LogP contribution in [0.2, 0.25) is 0 Å². The lowest BCUT2D eigenvalue weighted by Gasteiger charge is -2.32. The summed E-state index contributed by atoms with van der Waals surface area (Å²) in [7, 11) is 0. The van der Waals surface area contributed by atoms with Gasteiger partial charge in [0, 0.05) is 5.41 Å². The summed E-state index contributed by atoms with van der Waals surface area (Å²) in [5, 5.41) is 36.6. The predicted molar refractivity (Wildman–Crippen MR) is 67.3 cm³/mol. The number of rotatable bonds is 9. The van der Waals surface area contributed by atoms with Crippen LogP contribution >= 0.6 is 0 Å². The van der Waals surface area contributed by atoms with Gasteiger partial charge in [0.25, 0.3) is 0 Å². The van der Waals surface area contributed by atoms with Crippen LogP contribution < -0.4 is 0 Å². The first-order valence-electron chi connectivity index (χ1n) is 6.46. The third kappa shape index (κ3) is 6.99. The van der Waals surface area contributed by atoms with E-state index in [4.69, 9.17) is 15.3 Å². The Morgan fingerprint density at radius 3 is 1.94 bits per heavy atom. The minimum atomic E-state index is -1.20. The maximum Gasteiger partial charge on any atom is 0.151 e. The molecular formula is C13H28O4. The van der Waals surface area contributed by atoms with Crippen molar-refractivity contribution in [2.45, 2.75) is 65.3 Å². The number of hydrogen-bond donors (Lipinski definition) is 4. The Balaban J connectivity index is 3.75. The van der Waals surface area contributed by atoms with Gasteiger partial charge in [0.05, 0.1) is 12.7 Å². The zero-order valence-electron chi connectivity index (χ0n) is 11.3. The Hall–Kier alpha value is -0.160. The Kier molecular flexibility index (Phi) is 7.96. The highest BCUT2D eigenvalue weighted by atomic mass is 16.5. The highest BCUT2D eigenvalue weighted by Gasteiger charge is 2.30. The van der Waals surface area contributed by atoms with Crippen LogP contribution in [0.25, 0.3) is 0 Å². The number of hydrogen-bond acceptors (Lipinski definition) is 4. The fourth-order valence-electron chi connectivity index (χ4n) is 1.99. The average Bonchev–Trinajstić information content (AvgIpc) is 2.26. The third-order valence-corrected chi connectivity index (χ3v) is 3.37. The van der Waals surface area contributed by atoms with Gasteiger partial charge in [-0.15, -0.1) is 0 Å². The molecule has 17 heavy (non-hydrogen) atoms. The minimum absolute atomic E-state index is 0.0186. The fourth-order valence-corrected chi connectivity index (χ4v) is 1.99. The monoisotopic (exact) mass is 248 g/mol. The molecule has 2 unspecified atom stereocenters. The van der Waals surface area contributed by atoms with Crippen LogP contribution in [0.3, 0.4) is 0 Å². The topological polar surface area (TPSA) is 80.9 Å². The van der Waals surface area contributed by atoms with Gasteiger partial charge in [-0.05, 0) is 25.2 Å². The first-order valence-corrected chi connectivity index (χ1v) is 6.46. The van der Waals surface area contributed by atoms with E-state index >= 15 is 0 Å². The van der Waals surface area contributed by atoms with E-state index in [1.165, 1.54) is 0 Å². The predicted octanol–water partition coefficient (Wildman–Crippen LogP) is 1.26. The number of unbranched alkanes of at least 4 members (excludes halogenated alkanes) is 2. The van der Waals surface area contributed by atoms with E-state index in [1.807, 2.05) is 20.8 Å². The van der Waals surface area contributed by atoms with Gasteiger partial charge in [-0.2, -0.15) is 0 Å². The molecule has 4 nitrogen and oxygen atoms in total. The van der Waals surface area contributed by atoms with Crippen molar-refractivity contribution in [1.29, 1.82) is 0 Å². The molecule has 0 heterocycles. The second-order valence-electron chi connectivity index (χ2n) is 5.69. The lowest BCUT2D eigenvalue weighted by molar-refractivity contribution is -0.0470. The van der Waals surface area contributed by atoms with Gasteiger partial charge in [-0.25, -0.2) is 0 Å². The molecule has 0 aliphatic carbocycles. The maximum atomic E-state index is 10.1. The molecule has 0 radical (unpaired) electrons. The van der Waals surface area contributed by atoms with Crippen LogP contribution in [0.5, 0.6) is 0 Å². The number of aliphatic hydroxyl groups is 4. The molecule has 0 bridgehead atoms. The van der Waals surface area contributed by atoms with Crippen molar-refractivity contribution < 1.29 is 20.4 Å². The molecule has 0 saturated heterocycles. The molecule has 0 aromatic carbocycles. The maximum absolute atomic E-state index is 10.1. The van der Waals surface area contributed by atoms with Crippen molar-refractivity contribution >= 4 is 0 Å². The quantitative estimate of drug-likeness (QED) is 0.366. The van der Waals surface area contributed by atoms with E-state index in [0.717, 1.165) is 25.7 Å². The molecule has 4 N–H and O–H groups in total. The first kappa shape index (κ1) is 16.8. The molecule has 0 aliphatic rings. The molecule has 0 aromatic rings. The Morgan fingerprint density at radius 1 is 0.941 bits per heavy atom. The standard InChI is InChI=1S/C13H28O4/c1-10(12(17)13(2,3)9-14)7-5-4-6-8-11(15)16/h10-12,14-17H,4-9H2,1-3H3. The van der Waals surface area contributed by atoms with Crippen molar-refractivity contribution in [3.63, 3.8) is 0 Å². The zero-order valence-corrected chi connectivity index (χ0v) is 11.3. The van der Waals surface area contributed by atoms with Gasteiger partial charge in [-0.1, -0.05) is 33.6 Å². The van der Waals surface area contributed by atoms with E-state index < -0.39 is 17.8 Å². The molecule has 104 valence electrons. The molecule has 0 amide bonds. The molecular weight excluding hydrogens is 220 g/mol. The third-order valence-electron chi connectivity index (χ3n) is 3.37. The van der Waals surface area contributed by atoms with Crippen LogP contribution in [0, 0.1) is 11.3 Å². The molecule has 0 aromatic heterocycles. The van der Waals surface area contributed by atoms with Gasteiger partial charge in [0.2, 0.25) is 0 Å². The second-order valence-corrected chi connectivity index (χ2v) is 5.69. The van der Waals surface area contributed by atoms with Crippen molar-refractivity contribution in [3.8, 4) is 0 Å². The van der Waals surface area contributed by atoms with Gasteiger partial charge < -0.3 is 20.4 Å². The molecule has 0 fully saturated rings. The van der Waals surface area contributed by atoms with Crippen molar-refractivity contribution in [3.05, 3.63) is 0 Å². The summed E-state index contributed by atoms with van der Waals surface area (Å²) in [6.07, 6.45) is 2.30. The Morgan fingerprint density at radius 2 is 1.47 bits per heavy atom. The molecule has 0 aliphatic heterocycles. The van der Waals surface area contributed by atoms with E-state index in [0.29, 0.717) is 6.42 Å². The summed E-state index contributed by atoms with van der Waals surface area (Å²) in [4.78, 5) is 0. The molecule has 2 atom stereocenters. The largest absolute Gasteiger partial charge is 0.396 e. The van der Waals surface area contributed by atoms with Gasteiger partial charge in [0.15, 0.2) is 6.29 Å². The smallest absolute Gasteiger partial charge is 0.151 e. The van der Waals surface area contributed by atoms with Crippen molar-refractivity contribution in [1.82, 2.24) is 0 Å². The van der Waals surface area contributed by atoms with Gasteiger partial charge >= 0.3 is 0 Å². The Labute approximate surface area is 104 Å². The van der Waals surface area contributed by atoms with E-state index in [2.05, 4.69) is 0 Å². The van der Waals surface area contributed by atoms with Crippen LogP contribution in [-0.4, -0.2) is 39.4 Å². The summed E-state index contributed by atoms with van der Waals surface area (Å²) < 4.78 is 0. The summed E-state index contributed by atoms with van der Waals surface area (Å²) in [6, 6.07) is 0. The highest BCUT2D eigenvalue weighted by molar-refractivity contribution is 4.80. The van der Waals surface area contributed by atoms with Gasteiger partial charge in [0.1, 0.15) is 0 Å². The van der Waals surface area contributed by atoms with E-state index in [-0.39, 0.29) is 12.5 Å². The zero-order chi connectivity index (χ0) is 13.5. The highest BCUT2D eigenvalue weighted by Crippen LogP contribution is 2.28.